The van der Waals surface area contributed by atoms with Crippen LogP contribution in [-0.2, 0) is 14.3 Å². The minimum absolute atomic E-state index is 0.0569. The number of carbonyl (C=O) groups is 2. The van der Waals surface area contributed by atoms with Gasteiger partial charge in [-0.1, -0.05) is 37.3 Å². The number of benzene rings is 1. The molecule has 0 saturated heterocycles. The fraction of sp³-hybridized carbons (Fsp3) is 0.500. The number of carbonyl (C=O) groups excluding carboxylic acids is 2. The number of hydrogen-bond donors (Lipinski definition) is 1. The van der Waals surface area contributed by atoms with E-state index in [1.165, 1.54) is 24.4 Å². The first-order valence-electron chi connectivity index (χ1n) is 7.01. The number of methoxy groups -OCH3 is 1. The van der Waals surface area contributed by atoms with Crippen molar-refractivity contribution in [2.24, 2.45) is 0 Å². The normalized spacial score (nSPS) is 14.9. The van der Waals surface area contributed by atoms with Crippen LogP contribution in [0.5, 0.6) is 0 Å². The molecule has 1 aromatic carbocycles. The highest BCUT2D eigenvalue weighted by Gasteiger charge is 2.22. The molecule has 0 aliphatic carbocycles. The van der Waals surface area contributed by atoms with Gasteiger partial charge in [-0.05, 0) is 25.3 Å². The van der Waals surface area contributed by atoms with Gasteiger partial charge in [0.25, 0.3) is 0 Å². The SMILES string of the molecule is COC(=O)C(C)SC(C)C(=O)NCC(C)c1ccccc1. The summed E-state index contributed by atoms with van der Waals surface area (Å²) in [5, 5.41) is 2.30. The summed E-state index contributed by atoms with van der Waals surface area (Å²) in [6.07, 6.45) is 0. The maximum Gasteiger partial charge on any atom is 0.318 e. The first kappa shape index (κ1) is 17.6. The third-order valence-corrected chi connectivity index (χ3v) is 4.48. The number of ether oxygens (including phenoxy) is 1. The lowest BCUT2D eigenvalue weighted by Gasteiger charge is -2.17. The van der Waals surface area contributed by atoms with Crippen LogP contribution in [0.4, 0.5) is 0 Å². The molecule has 5 heteroatoms. The van der Waals surface area contributed by atoms with E-state index in [0.29, 0.717) is 6.54 Å². The van der Waals surface area contributed by atoms with Gasteiger partial charge < -0.3 is 10.1 Å². The molecule has 0 aliphatic rings. The number of thioether (sulfide) groups is 1. The molecule has 0 bridgehead atoms. The van der Waals surface area contributed by atoms with Crippen LogP contribution < -0.4 is 5.32 Å². The van der Waals surface area contributed by atoms with E-state index in [1.807, 2.05) is 30.3 Å². The van der Waals surface area contributed by atoms with Crippen molar-refractivity contribution in [3.63, 3.8) is 0 Å². The van der Waals surface area contributed by atoms with E-state index in [2.05, 4.69) is 17.0 Å². The van der Waals surface area contributed by atoms with Crippen LogP contribution in [0.1, 0.15) is 32.3 Å². The maximum absolute atomic E-state index is 12.0. The molecule has 3 unspecified atom stereocenters. The molecule has 116 valence electrons. The van der Waals surface area contributed by atoms with Gasteiger partial charge >= 0.3 is 5.97 Å². The lowest BCUT2D eigenvalue weighted by Crippen LogP contribution is -2.35. The zero-order chi connectivity index (χ0) is 15.8. The molecular weight excluding hydrogens is 286 g/mol. The maximum atomic E-state index is 12.0. The predicted molar refractivity (Wildman–Crippen MR) is 86.4 cm³/mol. The number of amides is 1. The van der Waals surface area contributed by atoms with E-state index in [1.54, 1.807) is 13.8 Å². The Bertz CT molecular complexity index is 464. The minimum atomic E-state index is -0.345. The topological polar surface area (TPSA) is 55.4 Å². The van der Waals surface area contributed by atoms with Crippen molar-refractivity contribution in [1.29, 1.82) is 0 Å². The average molecular weight is 309 g/mol. The van der Waals surface area contributed by atoms with Gasteiger partial charge in [-0.25, -0.2) is 0 Å². The standard InChI is InChI=1S/C16H23NO3S/c1-11(14-8-6-5-7-9-14)10-17-15(18)12(2)21-13(3)16(19)20-4/h5-9,11-13H,10H2,1-4H3,(H,17,18). The molecule has 1 N–H and O–H groups in total. The van der Waals surface area contributed by atoms with Crippen molar-refractivity contribution in [3.05, 3.63) is 35.9 Å². The summed E-state index contributed by atoms with van der Waals surface area (Å²) in [7, 11) is 1.35. The quantitative estimate of drug-likeness (QED) is 0.787. The van der Waals surface area contributed by atoms with Crippen LogP contribution in [-0.4, -0.2) is 36.0 Å². The zero-order valence-corrected chi connectivity index (χ0v) is 13.8. The molecule has 0 spiro atoms. The Kier molecular flexibility index (Phi) is 7.29. The number of rotatable bonds is 7. The van der Waals surface area contributed by atoms with Gasteiger partial charge in [0.05, 0.1) is 12.4 Å². The molecule has 0 aromatic heterocycles. The lowest BCUT2D eigenvalue weighted by molar-refractivity contribution is -0.139. The molecule has 0 saturated carbocycles. The minimum Gasteiger partial charge on any atom is -0.468 e. The molecule has 1 amide bonds. The van der Waals surface area contributed by atoms with Crippen molar-refractivity contribution in [2.75, 3.05) is 13.7 Å². The second kappa shape index (κ2) is 8.72. The molecule has 0 aliphatic heterocycles. The molecular formula is C16H23NO3S. The van der Waals surface area contributed by atoms with Crippen LogP contribution in [0.15, 0.2) is 30.3 Å². The van der Waals surface area contributed by atoms with Gasteiger partial charge in [-0.15, -0.1) is 11.8 Å². The lowest BCUT2D eigenvalue weighted by atomic mass is 10.0. The largest absolute Gasteiger partial charge is 0.468 e. The third kappa shape index (κ3) is 5.79. The van der Waals surface area contributed by atoms with E-state index >= 15 is 0 Å². The molecule has 4 nitrogen and oxygen atoms in total. The number of esters is 1. The summed E-state index contributed by atoms with van der Waals surface area (Å²) in [4.78, 5) is 23.4. The van der Waals surface area contributed by atoms with Crippen LogP contribution in [0.3, 0.4) is 0 Å². The Hall–Kier alpha value is -1.49. The fourth-order valence-corrected chi connectivity index (χ4v) is 2.91. The molecule has 0 heterocycles. The number of hydrogen-bond acceptors (Lipinski definition) is 4. The summed E-state index contributed by atoms with van der Waals surface area (Å²) in [6, 6.07) is 10.1. The van der Waals surface area contributed by atoms with Crippen molar-refractivity contribution in [2.45, 2.75) is 37.2 Å². The highest BCUT2D eigenvalue weighted by atomic mass is 32.2. The predicted octanol–water partition coefficient (Wildman–Crippen LogP) is 2.59. The van der Waals surface area contributed by atoms with Crippen molar-refractivity contribution in [1.82, 2.24) is 5.32 Å². The Morgan fingerprint density at radius 3 is 2.33 bits per heavy atom. The van der Waals surface area contributed by atoms with E-state index in [9.17, 15) is 9.59 Å². The highest BCUT2D eigenvalue weighted by Crippen LogP contribution is 2.19. The van der Waals surface area contributed by atoms with Crippen molar-refractivity contribution < 1.29 is 14.3 Å². The summed E-state index contributed by atoms with van der Waals surface area (Å²) in [5.41, 5.74) is 1.20. The summed E-state index contributed by atoms with van der Waals surface area (Å²) >= 11 is 1.30. The van der Waals surface area contributed by atoms with Crippen molar-refractivity contribution >= 4 is 23.6 Å². The Morgan fingerprint density at radius 1 is 1.14 bits per heavy atom. The van der Waals surface area contributed by atoms with Gasteiger partial charge in [0.1, 0.15) is 5.25 Å². The second-order valence-corrected chi connectivity index (χ2v) is 6.69. The summed E-state index contributed by atoms with van der Waals surface area (Å²) in [6.45, 7) is 6.20. The number of nitrogens with one attached hydrogen (secondary N) is 1. The average Bonchev–Trinajstić information content (AvgIpc) is 2.51. The monoisotopic (exact) mass is 309 g/mol. The van der Waals surface area contributed by atoms with Gasteiger partial charge in [0.15, 0.2) is 0 Å². The van der Waals surface area contributed by atoms with E-state index < -0.39 is 0 Å². The van der Waals surface area contributed by atoms with Gasteiger partial charge in [-0.2, -0.15) is 0 Å². The first-order valence-corrected chi connectivity index (χ1v) is 7.96. The summed E-state index contributed by atoms with van der Waals surface area (Å²) in [5.74, 6) is -0.110. The molecule has 1 aromatic rings. The molecule has 0 radical (unpaired) electrons. The molecule has 0 fully saturated rings. The van der Waals surface area contributed by atoms with Gasteiger partial charge in [0, 0.05) is 6.54 Å². The van der Waals surface area contributed by atoms with Crippen LogP contribution in [0.25, 0.3) is 0 Å². The van der Waals surface area contributed by atoms with Crippen molar-refractivity contribution in [3.8, 4) is 0 Å². The first-order chi connectivity index (χ1) is 9.95. The van der Waals surface area contributed by atoms with E-state index in [4.69, 9.17) is 0 Å². The van der Waals surface area contributed by atoms with E-state index in [-0.39, 0.29) is 28.3 Å². The Labute approximate surface area is 130 Å². The molecule has 21 heavy (non-hydrogen) atoms. The fourth-order valence-electron chi connectivity index (χ4n) is 1.89. The molecule has 1 rings (SSSR count). The highest BCUT2D eigenvalue weighted by molar-refractivity contribution is 8.01. The van der Waals surface area contributed by atoms with Gasteiger partial charge in [-0.3, -0.25) is 9.59 Å². The Balaban J connectivity index is 2.41. The van der Waals surface area contributed by atoms with Crippen LogP contribution in [0, 0.1) is 0 Å². The third-order valence-electron chi connectivity index (χ3n) is 3.26. The smallest absolute Gasteiger partial charge is 0.318 e. The summed E-state index contributed by atoms with van der Waals surface area (Å²) < 4.78 is 4.66. The van der Waals surface area contributed by atoms with Crippen LogP contribution >= 0.6 is 11.8 Å². The zero-order valence-electron chi connectivity index (χ0n) is 13.0. The van der Waals surface area contributed by atoms with Gasteiger partial charge in [0.2, 0.25) is 5.91 Å². The second-order valence-electron chi connectivity index (χ2n) is 5.00. The Morgan fingerprint density at radius 2 is 1.76 bits per heavy atom. The van der Waals surface area contributed by atoms with Crippen LogP contribution in [0.2, 0.25) is 0 Å². The molecule has 3 atom stereocenters. The van der Waals surface area contributed by atoms with E-state index in [0.717, 1.165) is 0 Å².